The summed E-state index contributed by atoms with van der Waals surface area (Å²) in [5.41, 5.74) is 1.33. The van der Waals surface area contributed by atoms with Gasteiger partial charge in [-0.05, 0) is 51.3 Å². The Hall–Kier alpha value is -0.810. The number of halogens is 2. The second-order valence-electron chi connectivity index (χ2n) is 7.06. The largest absolute Gasteiger partial charge is 0.352 e. The van der Waals surface area contributed by atoms with Gasteiger partial charge in [0, 0.05) is 25.2 Å². The Labute approximate surface area is 163 Å². The third kappa shape index (κ3) is 6.45. The molecule has 3 unspecified atom stereocenters. The van der Waals surface area contributed by atoms with Crippen LogP contribution in [0.25, 0.3) is 0 Å². The first kappa shape index (κ1) is 22.2. The van der Waals surface area contributed by atoms with Crippen LogP contribution in [0, 0.1) is 5.92 Å². The Morgan fingerprint density at radius 2 is 1.96 bits per heavy atom. The second-order valence-corrected chi connectivity index (χ2v) is 7.06. The summed E-state index contributed by atoms with van der Waals surface area (Å²) in [4.78, 5) is 15.1. The summed E-state index contributed by atoms with van der Waals surface area (Å²) in [5.74, 6) is 0.393. The molecule has 3 atom stereocenters. The van der Waals surface area contributed by atoms with Crippen LogP contribution in [0.2, 0.25) is 0 Å². The lowest BCUT2D eigenvalue weighted by molar-refractivity contribution is -0.127. The van der Waals surface area contributed by atoms with Crippen molar-refractivity contribution in [3.63, 3.8) is 0 Å². The van der Waals surface area contributed by atoms with Crippen molar-refractivity contribution in [1.82, 2.24) is 15.5 Å². The average molecular weight is 388 g/mol. The fourth-order valence-electron chi connectivity index (χ4n) is 3.80. The quantitative estimate of drug-likeness (QED) is 0.834. The van der Waals surface area contributed by atoms with Crippen molar-refractivity contribution >= 4 is 30.7 Å². The highest BCUT2D eigenvalue weighted by Crippen LogP contribution is 2.20. The minimum Gasteiger partial charge on any atom is -0.352 e. The minimum atomic E-state index is 0. The van der Waals surface area contributed by atoms with Gasteiger partial charge >= 0.3 is 0 Å². The van der Waals surface area contributed by atoms with Gasteiger partial charge in [-0.3, -0.25) is 9.69 Å². The van der Waals surface area contributed by atoms with Crippen LogP contribution in [0.4, 0.5) is 0 Å². The lowest BCUT2D eigenvalue weighted by Crippen LogP contribution is -2.54. The van der Waals surface area contributed by atoms with Crippen molar-refractivity contribution in [1.29, 1.82) is 0 Å². The van der Waals surface area contributed by atoms with Crippen LogP contribution in [0.3, 0.4) is 0 Å². The third-order valence-corrected chi connectivity index (χ3v) is 5.21. The number of benzene rings is 1. The first-order chi connectivity index (χ1) is 11.2. The Morgan fingerprint density at radius 1 is 1.20 bits per heavy atom. The number of carbonyl (C=O) groups is 1. The number of hydrogen-bond donors (Lipinski definition) is 2. The molecule has 0 saturated carbocycles. The van der Waals surface area contributed by atoms with Gasteiger partial charge in [-0.1, -0.05) is 30.3 Å². The zero-order valence-electron chi connectivity index (χ0n) is 14.9. The van der Waals surface area contributed by atoms with E-state index in [2.05, 4.69) is 52.8 Å². The molecule has 0 radical (unpaired) electrons. The number of carbonyl (C=O) groups excluding carboxylic acids is 1. The number of piperidine rings is 2. The van der Waals surface area contributed by atoms with Gasteiger partial charge < -0.3 is 10.6 Å². The van der Waals surface area contributed by atoms with E-state index in [1.165, 1.54) is 5.56 Å². The summed E-state index contributed by atoms with van der Waals surface area (Å²) in [7, 11) is 0. The van der Waals surface area contributed by atoms with E-state index >= 15 is 0 Å². The van der Waals surface area contributed by atoms with Crippen LogP contribution >= 0.6 is 24.8 Å². The zero-order chi connectivity index (χ0) is 16.1. The molecule has 4 nitrogen and oxygen atoms in total. The van der Waals surface area contributed by atoms with E-state index in [-0.39, 0.29) is 36.6 Å². The van der Waals surface area contributed by atoms with E-state index in [1.54, 1.807) is 0 Å². The number of amides is 1. The maximum absolute atomic E-state index is 12.6. The molecule has 25 heavy (non-hydrogen) atoms. The fraction of sp³-hybridized carbons (Fsp3) is 0.632. The molecule has 1 amide bonds. The number of nitrogens with one attached hydrogen (secondary N) is 2. The van der Waals surface area contributed by atoms with Crippen molar-refractivity contribution in [3.8, 4) is 0 Å². The Balaban J connectivity index is 0.00000156. The summed E-state index contributed by atoms with van der Waals surface area (Å²) in [6.07, 6.45) is 4.38. The van der Waals surface area contributed by atoms with Crippen molar-refractivity contribution < 1.29 is 4.79 Å². The molecule has 2 heterocycles. The van der Waals surface area contributed by atoms with E-state index < -0.39 is 0 Å². The van der Waals surface area contributed by atoms with Gasteiger partial charge in [0.05, 0.1) is 5.92 Å². The number of rotatable bonds is 4. The fourth-order valence-corrected chi connectivity index (χ4v) is 3.80. The van der Waals surface area contributed by atoms with Crippen molar-refractivity contribution in [2.45, 2.75) is 51.2 Å². The smallest absolute Gasteiger partial charge is 0.224 e. The minimum absolute atomic E-state index is 0. The highest BCUT2D eigenvalue weighted by Gasteiger charge is 2.29. The van der Waals surface area contributed by atoms with Gasteiger partial charge in [0.1, 0.15) is 0 Å². The van der Waals surface area contributed by atoms with Crippen LogP contribution in [0.15, 0.2) is 30.3 Å². The molecule has 2 fully saturated rings. The molecular weight excluding hydrogens is 357 g/mol. The second kappa shape index (κ2) is 11.0. The molecule has 0 aromatic heterocycles. The molecule has 3 rings (SSSR count). The van der Waals surface area contributed by atoms with E-state index in [9.17, 15) is 4.79 Å². The van der Waals surface area contributed by atoms with E-state index in [0.29, 0.717) is 12.1 Å². The summed E-state index contributed by atoms with van der Waals surface area (Å²) in [6.45, 7) is 6.18. The molecule has 2 aliphatic rings. The highest BCUT2D eigenvalue weighted by molar-refractivity contribution is 5.85. The monoisotopic (exact) mass is 387 g/mol. The van der Waals surface area contributed by atoms with E-state index in [4.69, 9.17) is 0 Å². The number of hydrogen-bond acceptors (Lipinski definition) is 3. The van der Waals surface area contributed by atoms with Crippen LogP contribution in [-0.4, -0.2) is 42.5 Å². The molecular formula is C19H31Cl2N3O. The lowest BCUT2D eigenvalue weighted by Gasteiger charge is -2.35. The highest BCUT2D eigenvalue weighted by atomic mass is 35.5. The van der Waals surface area contributed by atoms with Gasteiger partial charge in [0.25, 0.3) is 0 Å². The van der Waals surface area contributed by atoms with Crippen LogP contribution in [0.5, 0.6) is 0 Å². The van der Waals surface area contributed by atoms with Crippen LogP contribution in [-0.2, 0) is 11.3 Å². The molecule has 1 aromatic carbocycles. The molecule has 2 N–H and O–H groups in total. The predicted molar refractivity (Wildman–Crippen MR) is 108 cm³/mol. The molecule has 0 bridgehead atoms. The van der Waals surface area contributed by atoms with E-state index in [1.807, 2.05) is 0 Å². The number of nitrogens with zero attached hydrogens (tertiary/aromatic N) is 1. The van der Waals surface area contributed by atoms with Gasteiger partial charge in [0.15, 0.2) is 0 Å². The SMILES string of the molecule is CC1NCCCC1NC(=O)C1CCCN(Cc2ccccc2)C1.Cl.Cl. The normalized spacial score (nSPS) is 26.8. The first-order valence-electron chi connectivity index (χ1n) is 9.02. The van der Waals surface area contributed by atoms with Gasteiger partial charge in [-0.2, -0.15) is 0 Å². The Morgan fingerprint density at radius 3 is 2.68 bits per heavy atom. The van der Waals surface area contributed by atoms with Crippen molar-refractivity contribution in [3.05, 3.63) is 35.9 Å². The summed E-state index contributed by atoms with van der Waals surface area (Å²) in [6, 6.07) is 11.2. The Bertz CT molecular complexity index is 515. The standard InChI is InChI=1S/C19H29N3O.2ClH/c1-15-18(10-5-11-20-15)21-19(23)17-9-6-12-22(14-17)13-16-7-3-2-4-8-16;;/h2-4,7-8,15,17-18,20H,5-6,9-14H2,1H3,(H,21,23);2*1H. The van der Waals surface area contributed by atoms with Gasteiger partial charge in [0.2, 0.25) is 5.91 Å². The average Bonchev–Trinajstić information content (AvgIpc) is 2.58. The molecule has 2 saturated heterocycles. The molecule has 142 valence electrons. The van der Waals surface area contributed by atoms with Crippen LogP contribution < -0.4 is 10.6 Å². The predicted octanol–water partition coefficient (Wildman–Crippen LogP) is 3.00. The van der Waals surface area contributed by atoms with Gasteiger partial charge in [-0.25, -0.2) is 0 Å². The van der Waals surface area contributed by atoms with Crippen molar-refractivity contribution in [2.24, 2.45) is 5.92 Å². The summed E-state index contributed by atoms with van der Waals surface area (Å²) < 4.78 is 0. The molecule has 6 heteroatoms. The summed E-state index contributed by atoms with van der Waals surface area (Å²) >= 11 is 0. The summed E-state index contributed by atoms with van der Waals surface area (Å²) in [5, 5.41) is 6.75. The maximum atomic E-state index is 12.6. The molecule has 2 aliphatic heterocycles. The molecule has 0 aliphatic carbocycles. The van der Waals surface area contributed by atoms with Crippen molar-refractivity contribution in [2.75, 3.05) is 19.6 Å². The third-order valence-electron chi connectivity index (χ3n) is 5.21. The number of likely N-dealkylation sites (tertiary alicyclic amines) is 1. The Kier molecular flexibility index (Phi) is 9.80. The first-order valence-corrected chi connectivity index (χ1v) is 9.02. The topological polar surface area (TPSA) is 44.4 Å². The molecule has 1 aromatic rings. The van der Waals surface area contributed by atoms with E-state index in [0.717, 1.165) is 51.9 Å². The maximum Gasteiger partial charge on any atom is 0.224 e. The molecule has 0 spiro atoms. The van der Waals surface area contributed by atoms with Crippen LogP contribution in [0.1, 0.15) is 38.2 Å². The zero-order valence-corrected chi connectivity index (χ0v) is 16.6. The lowest BCUT2D eigenvalue weighted by atomic mass is 9.94. The van der Waals surface area contributed by atoms with Gasteiger partial charge in [-0.15, -0.1) is 24.8 Å².